The highest BCUT2D eigenvalue weighted by Gasteiger charge is 2.26. The van der Waals surface area contributed by atoms with Crippen molar-refractivity contribution in [3.8, 4) is 0 Å². The Morgan fingerprint density at radius 2 is 1.02 bits per heavy atom. The molecule has 0 aliphatic rings. The van der Waals surface area contributed by atoms with Gasteiger partial charge in [-0.2, -0.15) is 0 Å². The van der Waals surface area contributed by atoms with Gasteiger partial charge in [-0.05, 0) is 64.8 Å². The molecule has 53 heavy (non-hydrogen) atoms. The summed E-state index contributed by atoms with van der Waals surface area (Å²) in [6.07, 6.45) is 42.9. The van der Waals surface area contributed by atoms with E-state index >= 15 is 0 Å². The fraction of sp³-hybridized carbons (Fsp3) is 0.767. The number of carbonyl (C=O) groups excluding carboxylic acids is 2. The van der Waals surface area contributed by atoms with Crippen LogP contribution in [0.2, 0.25) is 0 Å². The topological polar surface area (TPSA) is 120 Å². The minimum Gasteiger partial charge on any atom is -0.462 e. The molecule has 10 heteroatoms. The number of ether oxygens (including phenoxy) is 2. The lowest BCUT2D eigenvalue weighted by molar-refractivity contribution is -0.161. The molecule has 0 saturated heterocycles. The molecule has 0 aliphatic heterocycles. The SMILES string of the molecule is CCCCC/C=C\C/C=C\C/C=C\C/C=C\CCCCCC(=O)OCC(COP(=O)(O)OCCNC)OC(=O)CCCCCCCCCCCCCC. The molecule has 0 spiro atoms. The standard InChI is InChI=1S/C43H78NO8P/c1-4-6-8-10-12-14-16-18-19-20-21-22-23-24-26-27-29-31-33-35-42(45)49-39-41(40-51-53(47,48)50-38-37-44-3)52-43(46)36-34-32-30-28-25-17-15-13-11-9-7-5-2/h12,14,18-19,21-22,24,26,41,44H,4-11,13,15-17,20,23,25,27-40H2,1-3H3,(H,47,48)/b14-12-,19-18-,22-21-,26-24-. The maximum atomic E-state index is 12.6. The maximum Gasteiger partial charge on any atom is 0.472 e. The minimum absolute atomic E-state index is 0.0227. The van der Waals surface area contributed by atoms with E-state index in [9.17, 15) is 19.0 Å². The van der Waals surface area contributed by atoms with Crippen molar-refractivity contribution < 1.29 is 37.6 Å². The van der Waals surface area contributed by atoms with Crippen LogP contribution in [0.25, 0.3) is 0 Å². The number of hydrogen-bond donors (Lipinski definition) is 2. The van der Waals surface area contributed by atoms with Crippen LogP contribution in [0.15, 0.2) is 48.6 Å². The Labute approximate surface area is 324 Å². The van der Waals surface area contributed by atoms with Crippen LogP contribution in [-0.2, 0) is 32.7 Å². The van der Waals surface area contributed by atoms with Crippen LogP contribution in [0.1, 0.15) is 174 Å². The van der Waals surface area contributed by atoms with Crippen molar-refractivity contribution in [2.24, 2.45) is 0 Å². The second-order valence-electron chi connectivity index (χ2n) is 13.8. The molecule has 0 aromatic heterocycles. The predicted molar refractivity (Wildman–Crippen MR) is 220 cm³/mol. The monoisotopic (exact) mass is 768 g/mol. The lowest BCUT2D eigenvalue weighted by Gasteiger charge is -2.20. The number of unbranched alkanes of at least 4 members (excludes halogenated alkanes) is 17. The number of rotatable bonds is 39. The molecule has 0 saturated carbocycles. The van der Waals surface area contributed by atoms with Gasteiger partial charge < -0.3 is 19.7 Å². The molecule has 2 atom stereocenters. The number of esters is 2. The second-order valence-corrected chi connectivity index (χ2v) is 15.3. The average Bonchev–Trinajstić information content (AvgIpc) is 3.14. The smallest absolute Gasteiger partial charge is 0.462 e. The van der Waals surface area contributed by atoms with E-state index in [4.69, 9.17) is 18.5 Å². The Morgan fingerprint density at radius 3 is 1.55 bits per heavy atom. The average molecular weight is 768 g/mol. The number of phosphoric acid groups is 1. The molecule has 0 rings (SSSR count). The minimum atomic E-state index is -4.35. The van der Waals surface area contributed by atoms with Gasteiger partial charge in [-0.1, -0.05) is 152 Å². The van der Waals surface area contributed by atoms with Crippen LogP contribution in [-0.4, -0.2) is 56.3 Å². The van der Waals surface area contributed by atoms with Gasteiger partial charge in [0, 0.05) is 19.4 Å². The Morgan fingerprint density at radius 1 is 0.585 bits per heavy atom. The summed E-state index contributed by atoms with van der Waals surface area (Å²) in [5.41, 5.74) is 0. The lowest BCUT2D eigenvalue weighted by Crippen LogP contribution is -2.29. The summed E-state index contributed by atoms with van der Waals surface area (Å²) in [7, 11) is -2.66. The normalized spacial score (nSPS) is 13.8. The molecular weight excluding hydrogens is 689 g/mol. The number of nitrogens with one attached hydrogen (secondary N) is 1. The molecule has 0 aliphatic carbocycles. The lowest BCUT2D eigenvalue weighted by atomic mass is 10.0. The molecule has 0 amide bonds. The third-order valence-corrected chi connectivity index (χ3v) is 9.69. The van der Waals surface area contributed by atoms with E-state index in [-0.39, 0.29) is 26.1 Å². The van der Waals surface area contributed by atoms with Gasteiger partial charge >= 0.3 is 19.8 Å². The molecule has 308 valence electrons. The van der Waals surface area contributed by atoms with Gasteiger partial charge in [0.15, 0.2) is 6.10 Å². The number of phosphoric ester groups is 1. The van der Waals surface area contributed by atoms with Gasteiger partial charge in [0.1, 0.15) is 6.61 Å². The number of allylic oxidation sites excluding steroid dienone is 8. The first-order valence-electron chi connectivity index (χ1n) is 21.1. The fourth-order valence-electron chi connectivity index (χ4n) is 5.48. The molecule has 0 aromatic rings. The molecule has 0 fully saturated rings. The summed E-state index contributed by atoms with van der Waals surface area (Å²) in [5, 5.41) is 2.82. The summed E-state index contributed by atoms with van der Waals surface area (Å²) in [6.45, 7) is 4.15. The van der Waals surface area contributed by atoms with E-state index in [1.807, 2.05) is 0 Å². The van der Waals surface area contributed by atoms with Crippen LogP contribution in [0.5, 0.6) is 0 Å². The van der Waals surface area contributed by atoms with E-state index in [1.165, 1.54) is 83.5 Å². The molecule has 2 N–H and O–H groups in total. The third kappa shape index (κ3) is 39.5. The van der Waals surface area contributed by atoms with Crippen molar-refractivity contribution >= 4 is 19.8 Å². The van der Waals surface area contributed by atoms with Gasteiger partial charge in [0.2, 0.25) is 0 Å². The maximum absolute atomic E-state index is 12.6. The van der Waals surface area contributed by atoms with Crippen LogP contribution in [0.4, 0.5) is 0 Å². The number of carbonyl (C=O) groups is 2. The fourth-order valence-corrected chi connectivity index (χ4v) is 6.23. The van der Waals surface area contributed by atoms with Crippen molar-refractivity contribution in [3.63, 3.8) is 0 Å². The summed E-state index contributed by atoms with van der Waals surface area (Å²) < 4.78 is 33.1. The van der Waals surface area contributed by atoms with Gasteiger partial charge in [-0.25, -0.2) is 4.57 Å². The second kappa shape index (κ2) is 39.7. The van der Waals surface area contributed by atoms with E-state index in [2.05, 4.69) is 67.8 Å². The quantitative estimate of drug-likeness (QED) is 0.0272. The zero-order valence-electron chi connectivity index (χ0n) is 34.0. The van der Waals surface area contributed by atoms with Gasteiger partial charge in [-0.3, -0.25) is 18.6 Å². The Bertz CT molecular complexity index is 1010. The summed E-state index contributed by atoms with van der Waals surface area (Å²) >= 11 is 0. The highest BCUT2D eigenvalue weighted by Crippen LogP contribution is 2.43. The Kier molecular flexibility index (Phi) is 38.1. The van der Waals surface area contributed by atoms with E-state index < -0.39 is 32.5 Å². The molecule has 0 heterocycles. The molecule has 2 unspecified atom stereocenters. The van der Waals surface area contributed by atoms with Crippen LogP contribution >= 0.6 is 7.82 Å². The van der Waals surface area contributed by atoms with E-state index in [1.54, 1.807) is 7.05 Å². The summed E-state index contributed by atoms with van der Waals surface area (Å²) in [4.78, 5) is 35.0. The largest absolute Gasteiger partial charge is 0.472 e. The Hall–Kier alpha value is -2.03. The van der Waals surface area contributed by atoms with Crippen molar-refractivity contribution in [2.45, 2.75) is 180 Å². The highest BCUT2D eigenvalue weighted by atomic mass is 31.2. The predicted octanol–water partition coefficient (Wildman–Crippen LogP) is 11.8. The van der Waals surface area contributed by atoms with Crippen molar-refractivity contribution in [2.75, 3.05) is 33.4 Å². The first-order chi connectivity index (χ1) is 25.8. The van der Waals surface area contributed by atoms with Gasteiger partial charge in [0.25, 0.3) is 0 Å². The molecule has 9 nitrogen and oxygen atoms in total. The zero-order chi connectivity index (χ0) is 38.9. The molecule has 0 aromatic carbocycles. The molecular formula is C43H78NO8P. The van der Waals surface area contributed by atoms with Gasteiger partial charge in [-0.15, -0.1) is 0 Å². The van der Waals surface area contributed by atoms with Crippen LogP contribution in [0.3, 0.4) is 0 Å². The highest BCUT2D eigenvalue weighted by molar-refractivity contribution is 7.47. The van der Waals surface area contributed by atoms with Crippen LogP contribution in [0, 0.1) is 0 Å². The van der Waals surface area contributed by atoms with Crippen molar-refractivity contribution in [1.29, 1.82) is 0 Å². The zero-order valence-corrected chi connectivity index (χ0v) is 34.8. The number of likely N-dealkylation sites (N-methyl/N-ethyl adjacent to an activating group) is 1. The summed E-state index contributed by atoms with van der Waals surface area (Å²) in [6, 6.07) is 0. The van der Waals surface area contributed by atoms with Crippen LogP contribution < -0.4 is 5.32 Å². The first kappa shape index (κ1) is 51.0. The van der Waals surface area contributed by atoms with Crippen molar-refractivity contribution in [3.05, 3.63) is 48.6 Å². The summed E-state index contributed by atoms with van der Waals surface area (Å²) in [5.74, 6) is -0.843. The first-order valence-corrected chi connectivity index (χ1v) is 22.6. The third-order valence-electron chi connectivity index (χ3n) is 8.70. The Balaban J connectivity index is 4.29. The van der Waals surface area contributed by atoms with E-state index in [0.717, 1.165) is 51.4 Å². The molecule has 0 bridgehead atoms. The van der Waals surface area contributed by atoms with Crippen molar-refractivity contribution in [1.82, 2.24) is 5.32 Å². The van der Waals surface area contributed by atoms with Gasteiger partial charge in [0.05, 0.1) is 13.2 Å². The molecule has 0 radical (unpaired) electrons. The number of hydrogen-bond acceptors (Lipinski definition) is 8. The van der Waals surface area contributed by atoms with E-state index in [0.29, 0.717) is 19.4 Å².